The number of carbonyl (C=O) groups excluding carboxylic acids is 1. The first-order chi connectivity index (χ1) is 10.5. The topological polar surface area (TPSA) is 85.1 Å². The first kappa shape index (κ1) is 14.6. The Morgan fingerprint density at radius 2 is 1.95 bits per heavy atom. The second-order valence-corrected chi connectivity index (χ2v) is 6.25. The normalized spacial score (nSPS) is 10.6. The van der Waals surface area contributed by atoms with Crippen LogP contribution in [0, 0.1) is 10.1 Å². The van der Waals surface area contributed by atoms with Crippen molar-refractivity contribution < 1.29 is 9.72 Å². The van der Waals surface area contributed by atoms with Gasteiger partial charge in [-0.1, -0.05) is 17.4 Å². The van der Waals surface area contributed by atoms with E-state index in [1.807, 2.05) is 18.2 Å². The standard InChI is InChI=1S/C14H8BrN3O3S/c15-10-2-1-3-11-12(10)16-14(22-11)17-13(19)8-4-6-9(7-5-8)18(20)21/h1-7H,(H,16,17,19). The molecule has 1 heterocycles. The molecule has 0 fully saturated rings. The fourth-order valence-electron chi connectivity index (χ4n) is 1.87. The molecule has 0 aliphatic carbocycles. The lowest BCUT2D eigenvalue weighted by atomic mass is 10.2. The number of fused-ring (bicyclic) bond motifs is 1. The monoisotopic (exact) mass is 377 g/mol. The SMILES string of the molecule is O=C(Nc1nc2c(Br)cccc2s1)c1ccc([N+](=O)[O-])cc1. The number of nitro groups is 1. The minimum absolute atomic E-state index is 0.0551. The molecule has 1 amide bonds. The minimum Gasteiger partial charge on any atom is -0.298 e. The Hall–Kier alpha value is -2.32. The Morgan fingerprint density at radius 1 is 1.23 bits per heavy atom. The number of para-hydroxylation sites is 1. The van der Waals surface area contributed by atoms with Crippen LogP contribution in [0.3, 0.4) is 0 Å². The Balaban J connectivity index is 1.83. The number of halogens is 1. The lowest BCUT2D eigenvalue weighted by Gasteiger charge is -2.00. The average Bonchev–Trinajstić information content (AvgIpc) is 2.91. The smallest absolute Gasteiger partial charge is 0.269 e. The van der Waals surface area contributed by atoms with Gasteiger partial charge in [-0.05, 0) is 40.2 Å². The van der Waals surface area contributed by atoms with E-state index >= 15 is 0 Å². The van der Waals surface area contributed by atoms with Gasteiger partial charge in [0.05, 0.1) is 15.1 Å². The summed E-state index contributed by atoms with van der Waals surface area (Å²) in [5, 5.41) is 13.8. The zero-order valence-corrected chi connectivity index (χ0v) is 13.3. The quantitative estimate of drug-likeness (QED) is 0.546. The van der Waals surface area contributed by atoms with Crippen molar-refractivity contribution in [1.82, 2.24) is 4.98 Å². The van der Waals surface area contributed by atoms with E-state index in [4.69, 9.17) is 0 Å². The van der Waals surface area contributed by atoms with Gasteiger partial charge in [-0.25, -0.2) is 4.98 Å². The predicted octanol–water partition coefficient (Wildman–Crippen LogP) is 4.22. The molecule has 110 valence electrons. The van der Waals surface area contributed by atoms with E-state index in [1.165, 1.54) is 35.6 Å². The molecule has 0 atom stereocenters. The number of nitro benzene ring substituents is 1. The number of anilines is 1. The highest BCUT2D eigenvalue weighted by atomic mass is 79.9. The Morgan fingerprint density at radius 3 is 2.59 bits per heavy atom. The summed E-state index contributed by atoms with van der Waals surface area (Å²) in [5.74, 6) is -0.356. The van der Waals surface area contributed by atoms with Gasteiger partial charge in [0.1, 0.15) is 0 Å². The van der Waals surface area contributed by atoms with E-state index in [9.17, 15) is 14.9 Å². The molecule has 1 aromatic heterocycles. The number of nitrogens with zero attached hydrogens (tertiary/aromatic N) is 2. The van der Waals surface area contributed by atoms with Gasteiger partial charge < -0.3 is 0 Å². The van der Waals surface area contributed by atoms with Crippen molar-refractivity contribution in [1.29, 1.82) is 0 Å². The number of aromatic nitrogens is 1. The van der Waals surface area contributed by atoms with Gasteiger partial charge >= 0.3 is 0 Å². The number of hydrogen-bond donors (Lipinski definition) is 1. The summed E-state index contributed by atoms with van der Waals surface area (Å²) in [5.41, 5.74) is 1.07. The maximum Gasteiger partial charge on any atom is 0.269 e. The van der Waals surface area contributed by atoms with Crippen LogP contribution in [0.1, 0.15) is 10.4 Å². The van der Waals surface area contributed by atoms with Gasteiger partial charge in [-0.15, -0.1) is 0 Å². The number of benzene rings is 2. The van der Waals surface area contributed by atoms with Crippen molar-refractivity contribution in [2.24, 2.45) is 0 Å². The highest BCUT2D eigenvalue weighted by Gasteiger charge is 2.12. The molecule has 3 rings (SSSR count). The van der Waals surface area contributed by atoms with Crippen molar-refractivity contribution in [3.05, 3.63) is 62.6 Å². The highest BCUT2D eigenvalue weighted by molar-refractivity contribution is 9.10. The zero-order valence-electron chi connectivity index (χ0n) is 10.9. The van der Waals surface area contributed by atoms with Crippen LogP contribution in [-0.2, 0) is 0 Å². The number of thiazole rings is 1. The Bertz CT molecular complexity index is 877. The molecule has 0 saturated carbocycles. The summed E-state index contributed by atoms with van der Waals surface area (Å²) in [6, 6.07) is 11.1. The molecule has 0 radical (unpaired) electrons. The van der Waals surface area contributed by atoms with Gasteiger partial charge in [0, 0.05) is 22.2 Å². The molecule has 8 heteroatoms. The molecule has 6 nitrogen and oxygen atoms in total. The van der Waals surface area contributed by atoms with Crippen molar-refractivity contribution >= 4 is 54.2 Å². The van der Waals surface area contributed by atoms with Crippen molar-refractivity contribution in [3.63, 3.8) is 0 Å². The van der Waals surface area contributed by atoms with Crippen LogP contribution in [0.15, 0.2) is 46.9 Å². The molecule has 2 aromatic carbocycles. The van der Waals surface area contributed by atoms with E-state index in [0.717, 1.165) is 14.7 Å². The number of non-ortho nitro benzene ring substituents is 1. The molecule has 0 aliphatic rings. The number of carbonyl (C=O) groups is 1. The summed E-state index contributed by atoms with van der Waals surface area (Å²) < 4.78 is 1.81. The Kier molecular flexibility index (Phi) is 3.86. The van der Waals surface area contributed by atoms with Gasteiger partial charge in [-0.2, -0.15) is 0 Å². The maximum atomic E-state index is 12.1. The van der Waals surface area contributed by atoms with Gasteiger partial charge in [-0.3, -0.25) is 20.2 Å². The second-order valence-electron chi connectivity index (χ2n) is 4.36. The summed E-state index contributed by atoms with van der Waals surface area (Å²) in [6.45, 7) is 0. The fourth-order valence-corrected chi connectivity index (χ4v) is 3.35. The van der Waals surface area contributed by atoms with Crippen molar-refractivity contribution in [3.8, 4) is 0 Å². The van der Waals surface area contributed by atoms with E-state index in [-0.39, 0.29) is 11.6 Å². The van der Waals surface area contributed by atoms with Crippen LogP contribution < -0.4 is 5.32 Å². The maximum absolute atomic E-state index is 12.1. The van der Waals surface area contributed by atoms with E-state index in [1.54, 1.807) is 0 Å². The van der Waals surface area contributed by atoms with Crippen LogP contribution in [0.5, 0.6) is 0 Å². The van der Waals surface area contributed by atoms with Gasteiger partial charge in [0.2, 0.25) is 0 Å². The molecular formula is C14H8BrN3O3S. The summed E-state index contributed by atoms with van der Waals surface area (Å²) >= 11 is 4.77. The minimum atomic E-state index is -0.507. The van der Waals surface area contributed by atoms with Crippen molar-refractivity contribution in [2.75, 3.05) is 5.32 Å². The molecule has 22 heavy (non-hydrogen) atoms. The first-order valence-corrected chi connectivity index (χ1v) is 7.76. The molecule has 0 bridgehead atoms. The number of hydrogen-bond acceptors (Lipinski definition) is 5. The van der Waals surface area contributed by atoms with Crippen LogP contribution in [0.25, 0.3) is 10.2 Å². The summed E-state index contributed by atoms with van der Waals surface area (Å²) in [7, 11) is 0. The molecule has 0 aliphatic heterocycles. The predicted molar refractivity (Wildman–Crippen MR) is 88.4 cm³/mol. The lowest BCUT2D eigenvalue weighted by Crippen LogP contribution is -2.11. The average molecular weight is 378 g/mol. The van der Waals surface area contributed by atoms with Crippen molar-refractivity contribution in [2.45, 2.75) is 0 Å². The third-order valence-corrected chi connectivity index (χ3v) is 4.51. The van der Waals surface area contributed by atoms with Crippen LogP contribution in [0.4, 0.5) is 10.8 Å². The van der Waals surface area contributed by atoms with Gasteiger partial charge in [0.15, 0.2) is 5.13 Å². The third-order valence-electron chi connectivity index (χ3n) is 2.93. The van der Waals surface area contributed by atoms with E-state index in [2.05, 4.69) is 26.2 Å². The lowest BCUT2D eigenvalue weighted by molar-refractivity contribution is -0.384. The Labute approximate surface area is 137 Å². The number of rotatable bonds is 3. The third kappa shape index (κ3) is 2.83. The molecule has 0 saturated heterocycles. The van der Waals surface area contributed by atoms with Crippen LogP contribution in [-0.4, -0.2) is 15.8 Å². The highest BCUT2D eigenvalue weighted by Crippen LogP contribution is 2.31. The first-order valence-electron chi connectivity index (χ1n) is 6.15. The van der Waals surface area contributed by atoms with E-state index in [0.29, 0.717) is 10.7 Å². The molecule has 0 unspecified atom stereocenters. The van der Waals surface area contributed by atoms with E-state index < -0.39 is 4.92 Å². The summed E-state index contributed by atoms with van der Waals surface area (Å²) in [6.07, 6.45) is 0. The molecule has 1 N–H and O–H groups in total. The summed E-state index contributed by atoms with van der Waals surface area (Å²) in [4.78, 5) is 26.6. The molecular weight excluding hydrogens is 370 g/mol. The fraction of sp³-hybridized carbons (Fsp3) is 0. The second kappa shape index (κ2) is 5.82. The largest absolute Gasteiger partial charge is 0.298 e. The number of amides is 1. The van der Waals surface area contributed by atoms with Crippen LogP contribution >= 0.6 is 27.3 Å². The van der Waals surface area contributed by atoms with Gasteiger partial charge in [0.25, 0.3) is 11.6 Å². The zero-order chi connectivity index (χ0) is 15.7. The van der Waals surface area contributed by atoms with Crippen LogP contribution in [0.2, 0.25) is 0 Å². The molecule has 3 aromatic rings. The number of nitrogens with one attached hydrogen (secondary N) is 1. The molecule has 0 spiro atoms.